The zero-order valence-electron chi connectivity index (χ0n) is 10.7. The molecule has 8 heteroatoms. The largest absolute Gasteiger partial charge is 0.495 e. The van der Waals surface area contributed by atoms with Crippen molar-refractivity contribution < 1.29 is 22.7 Å². The van der Waals surface area contributed by atoms with Crippen molar-refractivity contribution in [3.63, 3.8) is 0 Å². The van der Waals surface area contributed by atoms with Crippen LogP contribution in [0, 0.1) is 11.3 Å². The lowest BCUT2D eigenvalue weighted by molar-refractivity contribution is -0.184. The molecule has 0 aliphatic carbocycles. The Labute approximate surface area is 113 Å². The number of hydrogen-bond acceptors (Lipinski definition) is 4. The van der Waals surface area contributed by atoms with Crippen molar-refractivity contribution >= 4 is 11.6 Å². The van der Waals surface area contributed by atoms with E-state index in [0.29, 0.717) is 6.92 Å². The second kappa shape index (κ2) is 5.38. The molecule has 1 aromatic rings. The zero-order chi connectivity index (χ0) is 15.6. The van der Waals surface area contributed by atoms with E-state index >= 15 is 0 Å². The van der Waals surface area contributed by atoms with E-state index in [2.05, 4.69) is 0 Å². The molecule has 0 aromatic heterocycles. The minimum atomic E-state index is -4.92. The molecule has 5 nitrogen and oxygen atoms in total. The van der Waals surface area contributed by atoms with Crippen molar-refractivity contribution in [2.45, 2.75) is 18.6 Å². The summed E-state index contributed by atoms with van der Waals surface area (Å²) < 4.78 is 42.9. The number of alkyl halides is 3. The third-order valence-corrected chi connectivity index (χ3v) is 2.67. The number of carbonyl (C=O) groups is 1. The smallest absolute Gasteiger partial charge is 0.415 e. The lowest BCUT2D eigenvalue weighted by Gasteiger charge is -2.26. The van der Waals surface area contributed by atoms with Crippen LogP contribution in [0.5, 0.6) is 5.75 Å². The van der Waals surface area contributed by atoms with E-state index in [0.717, 1.165) is 0 Å². The maximum atomic E-state index is 12.7. The molecule has 20 heavy (non-hydrogen) atoms. The Kier molecular flexibility index (Phi) is 4.25. The van der Waals surface area contributed by atoms with Crippen LogP contribution in [0.1, 0.15) is 12.5 Å². The Morgan fingerprint density at radius 3 is 2.50 bits per heavy atom. The minimum Gasteiger partial charge on any atom is -0.495 e. The normalized spacial score (nSPS) is 14.1. The van der Waals surface area contributed by atoms with Crippen molar-refractivity contribution in [2.75, 3.05) is 12.4 Å². The molecule has 0 aliphatic rings. The molecular weight excluding hydrogens is 275 g/mol. The number of amides is 1. The van der Waals surface area contributed by atoms with Gasteiger partial charge in [-0.05, 0) is 19.1 Å². The Hall–Kier alpha value is -2.27. The van der Waals surface area contributed by atoms with E-state index in [9.17, 15) is 18.0 Å². The van der Waals surface area contributed by atoms with E-state index in [1.807, 2.05) is 5.32 Å². The van der Waals surface area contributed by atoms with E-state index in [4.69, 9.17) is 15.7 Å². The number of carbonyl (C=O) groups excluding carboxylic acids is 1. The molecule has 0 saturated carbocycles. The van der Waals surface area contributed by atoms with Gasteiger partial charge in [0.25, 0.3) is 5.91 Å². The molecule has 1 rings (SSSR count). The number of rotatable bonds is 3. The molecular formula is C12H12F3N3O2. The minimum absolute atomic E-state index is 0.0318. The Bertz CT molecular complexity index is 562. The van der Waals surface area contributed by atoms with Gasteiger partial charge in [0.1, 0.15) is 17.5 Å². The molecule has 3 N–H and O–H groups in total. The molecule has 108 valence electrons. The first-order valence-electron chi connectivity index (χ1n) is 5.39. The van der Waals surface area contributed by atoms with Crippen LogP contribution >= 0.6 is 0 Å². The average molecular weight is 287 g/mol. The number of hydrogen-bond donors (Lipinski definition) is 2. The number of nitrogens with zero attached hydrogens (tertiary/aromatic N) is 1. The molecule has 0 spiro atoms. The fourth-order valence-electron chi connectivity index (χ4n) is 1.30. The van der Waals surface area contributed by atoms with Crippen LogP contribution in [-0.2, 0) is 4.79 Å². The summed E-state index contributed by atoms with van der Waals surface area (Å²) in [6, 6.07) is 5.95. The molecule has 0 heterocycles. The summed E-state index contributed by atoms with van der Waals surface area (Å²) in [5, 5.41) is 10.9. The lowest BCUT2D eigenvalue weighted by atomic mass is 10.0. The first kappa shape index (κ1) is 15.8. The van der Waals surface area contributed by atoms with Gasteiger partial charge >= 0.3 is 6.18 Å². The summed E-state index contributed by atoms with van der Waals surface area (Å²) in [5.41, 5.74) is 1.74. The monoisotopic (exact) mass is 287 g/mol. The van der Waals surface area contributed by atoms with Gasteiger partial charge in [0, 0.05) is 0 Å². The molecule has 0 radical (unpaired) electrons. The second-order valence-electron chi connectivity index (χ2n) is 4.15. The zero-order valence-corrected chi connectivity index (χ0v) is 10.7. The lowest BCUT2D eigenvalue weighted by Crippen LogP contribution is -2.59. The average Bonchev–Trinajstić information content (AvgIpc) is 2.37. The molecule has 0 fully saturated rings. The SMILES string of the molecule is COc1cccc(C#N)c1NC(=O)C(C)(N)C(F)(F)F. The number of halogens is 3. The number of ether oxygens (including phenoxy) is 1. The predicted octanol–water partition coefficient (Wildman–Crippen LogP) is 1.79. The fourth-order valence-corrected chi connectivity index (χ4v) is 1.30. The highest BCUT2D eigenvalue weighted by atomic mass is 19.4. The maximum Gasteiger partial charge on any atom is 0.415 e. The van der Waals surface area contributed by atoms with Crippen LogP contribution in [0.4, 0.5) is 18.9 Å². The summed E-state index contributed by atoms with van der Waals surface area (Å²) in [6.07, 6.45) is -4.92. The molecule has 0 bridgehead atoms. The van der Waals surface area contributed by atoms with Crippen molar-refractivity contribution in [3.05, 3.63) is 23.8 Å². The topological polar surface area (TPSA) is 88.1 Å². The van der Waals surface area contributed by atoms with Crippen LogP contribution in [-0.4, -0.2) is 24.7 Å². The highest BCUT2D eigenvalue weighted by Gasteiger charge is 2.54. The van der Waals surface area contributed by atoms with Gasteiger partial charge in [0.05, 0.1) is 12.7 Å². The molecule has 0 aliphatic heterocycles. The Balaban J connectivity index is 3.18. The summed E-state index contributed by atoms with van der Waals surface area (Å²) >= 11 is 0. The van der Waals surface area contributed by atoms with Gasteiger partial charge in [0.15, 0.2) is 5.54 Å². The van der Waals surface area contributed by atoms with Gasteiger partial charge in [-0.1, -0.05) is 6.07 Å². The van der Waals surface area contributed by atoms with E-state index in [1.165, 1.54) is 25.3 Å². The number of para-hydroxylation sites is 1. The number of nitriles is 1. The number of nitrogens with two attached hydrogens (primary N) is 1. The van der Waals surface area contributed by atoms with Crippen LogP contribution < -0.4 is 15.8 Å². The van der Waals surface area contributed by atoms with Crippen molar-refractivity contribution in [3.8, 4) is 11.8 Å². The van der Waals surface area contributed by atoms with Gasteiger partial charge in [-0.15, -0.1) is 0 Å². The highest BCUT2D eigenvalue weighted by Crippen LogP contribution is 2.32. The summed E-state index contributed by atoms with van der Waals surface area (Å²) in [5.74, 6) is -1.42. The van der Waals surface area contributed by atoms with E-state index < -0.39 is 17.6 Å². The van der Waals surface area contributed by atoms with E-state index in [-0.39, 0.29) is 17.0 Å². The fraction of sp³-hybridized carbons (Fsp3) is 0.333. The molecule has 0 saturated heterocycles. The molecule has 1 unspecified atom stereocenters. The van der Waals surface area contributed by atoms with Crippen LogP contribution in [0.2, 0.25) is 0 Å². The summed E-state index contributed by atoms with van der Waals surface area (Å²) in [4.78, 5) is 11.7. The van der Waals surface area contributed by atoms with Crippen molar-refractivity contribution in [1.82, 2.24) is 0 Å². The quantitative estimate of drug-likeness (QED) is 0.887. The first-order valence-corrected chi connectivity index (χ1v) is 5.39. The third-order valence-electron chi connectivity index (χ3n) is 2.67. The molecule has 1 amide bonds. The van der Waals surface area contributed by atoms with Crippen LogP contribution in [0.3, 0.4) is 0 Å². The van der Waals surface area contributed by atoms with Crippen molar-refractivity contribution in [2.24, 2.45) is 5.73 Å². The summed E-state index contributed by atoms with van der Waals surface area (Å²) in [7, 11) is 1.26. The number of benzene rings is 1. The number of methoxy groups -OCH3 is 1. The van der Waals surface area contributed by atoms with Gasteiger partial charge in [0.2, 0.25) is 0 Å². The van der Waals surface area contributed by atoms with Crippen molar-refractivity contribution in [1.29, 1.82) is 5.26 Å². The highest BCUT2D eigenvalue weighted by molar-refractivity contribution is 6.00. The molecule has 1 atom stereocenters. The van der Waals surface area contributed by atoms with Crippen LogP contribution in [0.25, 0.3) is 0 Å². The summed E-state index contributed by atoms with van der Waals surface area (Å²) in [6.45, 7) is 0.545. The molecule has 1 aromatic carbocycles. The standard InChI is InChI=1S/C12H12F3N3O2/c1-11(17,12(13,14)15)10(19)18-9-7(6-16)4-3-5-8(9)20-2/h3-5H,17H2,1-2H3,(H,18,19). The Morgan fingerprint density at radius 2 is 2.05 bits per heavy atom. The van der Waals surface area contributed by atoms with Crippen LogP contribution in [0.15, 0.2) is 18.2 Å². The van der Waals surface area contributed by atoms with Gasteiger partial charge in [-0.25, -0.2) is 0 Å². The predicted molar refractivity (Wildman–Crippen MR) is 65.0 cm³/mol. The third kappa shape index (κ3) is 2.83. The first-order chi connectivity index (χ1) is 9.15. The number of nitrogens with one attached hydrogen (secondary N) is 1. The maximum absolute atomic E-state index is 12.7. The van der Waals surface area contributed by atoms with Gasteiger partial charge < -0.3 is 15.8 Å². The second-order valence-corrected chi connectivity index (χ2v) is 4.15. The van der Waals surface area contributed by atoms with Gasteiger partial charge in [-0.2, -0.15) is 18.4 Å². The van der Waals surface area contributed by atoms with Gasteiger partial charge in [-0.3, -0.25) is 4.79 Å². The number of anilines is 1. The van der Waals surface area contributed by atoms with E-state index in [1.54, 1.807) is 6.07 Å². The Morgan fingerprint density at radius 1 is 1.45 bits per heavy atom.